The Morgan fingerprint density at radius 3 is 2.83 bits per heavy atom. The summed E-state index contributed by atoms with van der Waals surface area (Å²) in [5.41, 5.74) is 3.74. The number of benzene rings is 1. The van der Waals surface area contributed by atoms with Crippen LogP contribution in [0.4, 0.5) is 0 Å². The molecule has 0 bridgehead atoms. The molecule has 2 aliphatic heterocycles. The van der Waals surface area contributed by atoms with Gasteiger partial charge < -0.3 is 5.11 Å². The highest BCUT2D eigenvalue weighted by atomic mass is 35.5. The zero-order chi connectivity index (χ0) is 20.4. The molecule has 1 unspecified atom stereocenters. The van der Waals surface area contributed by atoms with Crippen molar-refractivity contribution in [1.82, 2.24) is 25.0 Å². The fourth-order valence-corrected chi connectivity index (χ4v) is 6.88. The maximum atomic E-state index is 10.9. The van der Waals surface area contributed by atoms with Crippen LogP contribution >= 0.6 is 22.9 Å². The maximum absolute atomic E-state index is 10.9. The second-order valence-electron chi connectivity index (χ2n) is 8.53. The van der Waals surface area contributed by atoms with Crippen LogP contribution in [0.25, 0.3) is 5.00 Å². The number of halogens is 1. The molecule has 156 valence electrons. The third kappa shape index (κ3) is 2.80. The molecular formula is C22H24ClN5OS. The minimum absolute atomic E-state index is 0.00491. The maximum Gasteiger partial charge on any atom is 0.152 e. The van der Waals surface area contributed by atoms with Crippen LogP contribution in [0.3, 0.4) is 0 Å². The second-order valence-corrected chi connectivity index (χ2v) is 10.0. The summed E-state index contributed by atoms with van der Waals surface area (Å²) in [6, 6.07) is 8.07. The quantitative estimate of drug-likeness (QED) is 0.653. The van der Waals surface area contributed by atoms with Gasteiger partial charge in [-0.25, -0.2) is 0 Å². The van der Waals surface area contributed by atoms with Crippen LogP contribution < -0.4 is 5.32 Å². The lowest BCUT2D eigenvalue weighted by molar-refractivity contribution is -0.0690. The van der Waals surface area contributed by atoms with Gasteiger partial charge in [-0.2, -0.15) is 0 Å². The number of hydrogen-bond acceptors (Lipinski definition) is 6. The molecule has 1 aliphatic carbocycles. The van der Waals surface area contributed by atoms with Gasteiger partial charge in [0.15, 0.2) is 5.82 Å². The molecule has 1 fully saturated rings. The molecule has 6 nitrogen and oxygen atoms in total. The number of nitrogens with zero attached hydrogens (tertiary/aromatic N) is 4. The number of rotatable bonds is 3. The van der Waals surface area contributed by atoms with E-state index < -0.39 is 0 Å². The highest BCUT2D eigenvalue weighted by Gasteiger charge is 2.40. The van der Waals surface area contributed by atoms with Gasteiger partial charge in [-0.15, -0.1) is 21.5 Å². The molecule has 3 aliphatic rings. The predicted octanol–water partition coefficient (Wildman–Crippen LogP) is 3.22. The Bertz CT molecular complexity index is 1120. The first-order valence-corrected chi connectivity index (χ1v) is 11.8. The first-order valence-electron chi connectivity index (χ1n) is 10.6. The third-order valence-electron chi connectivity index (χ3n) is 6.78. The van der Waals surface area contributed by atoms with Crippen LogP contribution in [0.1, 0.15) is 45.7 Å². The topological polar surface area (TPSA) is 66.2 Å². The number of aliphatic hydroxyl groups excluding tert-OH is 1. The lowest BCUT2D eigenvalue weighted by atomic mass is 9.94. The van der Waals surface area contributed by atoms with Crippen LogP contribution in [0.2, 0.25) is 5.02 Å². The summed E-state index contributed by atoms with van der Waals surface area (Å²) in [5, 5.41) is 25.3. The molecule has 0 spiro atoms. The normalized spacial score (nSPS) is 24.0. The zero-order valence-electron chi connectivity index (χ0n) is 16.8. The molecule has 6 rings (SSSR count). The van der Waals surface area contributed by atoms with Crippen molar-refractivity contribution >= 4 is 22.9 Å². The summed E-state index contributed by atoms with van der Waals surface area (Å²) in [6.45, 7) is 4.66. The Morgan fingerprint density at radius 1 is 1.23 bits per heavy atom. The van der Waals surface area contributed by atoms with Crippen molar-refractivity contribution in [2.75, 3.05) is 13.1 Å². The number of fused-ring (bicyclic) bond motifs is 5. The second kappa shape index (κ2) is 7.14. The van der Waals surface area contributed by atoms with Crippen LogP contribution in [-0.2, 0) is 19.4 Å². The van der Waals surface area contributed by atoms with Crippen molar-refractivity contribution in [2.45, 2.75) is 45.0 Å². The summed E-state index contributed by atoms with van der Waals surface area (Å²) in [5.74, 6) is 2.10. The Morgan fingerprint density at radius 2 is 2.07 bits per heavy atom. The number of thiophene rings is 1. The first kappa shape index (κ1) is 19.0. The SMILES string of the molecule is Cc1nnc2n1-c1sc3c(c1[C@H](c1ccccc1Cl)NC2)C[C@H](C(O)N1CCC1)C3. The summed E-state index contributed by atoms with van der Waals surface area (Å²) in [7, 11) is 0. The van der Waals surface area contributed by atoms with Crippen LogP contribution in [-0.4, -0.2) is 44.1 Å². The number of aryl methyl sites for hydroxylation is 1. The lowest BCUT2D eigenvalue weighted by Crippen LogP contribution is -2.48. The minimum Gasteiger partial charge on any atom is -0.378 e. The molecule has 4 heterocycles. The summed E-state index contributed by atoms with van der Waals surface area (Å²) in [4.78, 5) is 3.58. The van der Waals surface area contributed by atoms with Gasteiger partial charge in [-0.3, -0.25) is 14.8 Å². The monoisotopic (exact) mass is 441 g/mol. The molecule has 8 heteroatoms. The Balaban J connectivity index is 1.47. The largest absolute Gasteiger partial charge is 0.378 e. The van der Waals surface area contributed by atoms with Gasteiger partial charge in [0.2, 0.25) is 0 Å². The number of aromatic nitrogens is 3. The molecule has 1 aromatic carbocycles. The average molecular weight is 442 g/mol. The zero-order valence-corrected chi connectivity index (χ0v) is 18.4. The van der Waals surface area contributed by atoms with E-state index in [1.54, 1.807) is 0 Å². The first-order chi connectivity index (χ1) is 14.6. The summed E-state index contributed by atoms with van der Waals surface area (Å²) in [6.07, 6.45) is 2.67. The predicted molar refractivity (Wildman–Crippen MR) is 117 cm³/mol. The molecule has 0 amide bonds. The van der Waals surface area contributed by atoms with Crippen molar-refractivity contribution in [3.8, 4) is 5.00 Å². The standard InChI is InChI=1S/C22H24ClN5OS/c1-12-25-26-18-11-24-20(14-5-2-3-6-16(14)23)19-15-9-13(21(29)27-7-4-8-27)10-17(15)30-22(19)28(12)18/h2-3,5-6,13,20-21,24,29H,4,7-11H2,1H3/t13-,20-,21?/m0/s1. The van der Waals surface area contributed by atoms with Gasteiger partial charge in [0.05, 0.1) is 12.6 Å². The number of nitrogens with one attached hydrogen (secondary N) is 1. The van der Waals surface area contributed by atoms with E-state index in [2.05, 4.69) is 31.0 Å². The Labute approximate surface area is 184 Å². The van der Waals surface area contributed by atoms with E-state index >= 15 is 0 Å². The fraction of sp³-hybridized carbons (Fsp3) is 0.455. The molecule has 0 saturated carbocycles. The molecule has 2 aromatic heterocycles. The molecule has 3 aromatic rings. The highest BCUT2D eigenvalue weighted by Crippen LogP contribution is 2.47. The van der Waals surface area contributed by atoms with Crippen molar-refractivity contribution in [1.29, 1.82) is 0 Å². The minimum atomic E-state index is -0.348. The molecule has 2 N–H and O–H groups in total. The van der Waals surface area contributed by atoms with E-state index in [1.807, 2.05) is 36.5 Å². The van der Waals surface area contributed by atoms with Crippen LogP contribution in [0.15, 0.2) is 24.3 Å². The van der Waals surface area contributed by atoms with Crippen molar-refractivity contribution in [2.24, 2.45) is 5.92 Å². The van der Waals surface area contributed by atoms with E-state index in [9.17, 15) is 5.11 Å². The van der Waals surface area contributed by atoms with E-state index in [0.717, 1.165) is 48.2 Å². The summed E-state index contributed by atoms with van der Waals surface area (Å²) < 4.78 is 2.20. The highest BCUT2D eigenvalue weighted by molar-refractivity contribution is 7.15. The van der Waals surface area contributed by atoms with Gasteiger partial charge in [0.1, 0.15) is 17.1 Å². The lowest BCUT2D eigenvalue weighted by Gasteiger charge is -2.38. The smallest absolute Gasteiger partial charge is 0.152 e. The van der Waals surface area contributed by atoms with Crippen LogP contribution in [0.5, 0.6) is 0 Å². The van der Waals surface area contributed by atoms with Crippen molar-refractivity contribution < 1.29 is 5.11 Å². The van der Waals surface area contributed by atoms with Gasteiger partial charge in [0, 0.05) is 34.5 Å². The van der Waals surface area contributed by atoms with Crippen LogP contribution in [0, 0.1) is 12.8 Å². The fourth-order valence-electron chi connectivity index (χ4n) is 5.11. The number of likely N-dealkylation sites (tertiary alicyclic amines) is 1. The summed E-state index contributed by atoms with van der Waals surface area (Å²) >= 11 is 8.47. The third-order valence-corrected chi connectivity index (χ3v) is 8.38. The average Bonchev–Trinajstić information content (AvgIpc) is 3.32. The van der Waals surface area contributed by atoms with E-state index in [1.165, 1.54) is 27.4 Å². The number of aliphatic hydroxyl groups is 1. The molecule has 0 radical (unpaired) electrons. The Kier molecular flexibility index (Phi) is 4.51. The number of hydrogen-bond donors (Lipinski definition) is 2. The van der Waals surface area contributed by atoms with E-state index in [4.69, 9.17) is 11.6 Å². The van der Waals surface area contributed by atoms with Gasteiger partial charge >= 0.3 is 0 Å². The van der Waals surface area contributed by atoms with Crippen molar-refractivity contribution in [3.05, 3.63) is 62.5 Å². The molecule has 30 heavy (non-hydrogen) atoms. The van der Waals surface area contributed by atoms with E-state index in [-0.39, 0.29) is 18.2 Å². The molecule has 3 atom stereocenters. The van der Waals surface area contributed by atoms with Crippen molar-refractivity contribution in [3.63, 3.8) is 0 Å². The molecule has 1 saturated heterocycles. The van der Waals surface area contributed by atoms with E-state index in [0.29, 0.717) is 6.54 Å². The van der Waals surface area contributed by atoms with Gasteiger partial charge in [0.25, 0.3) is 0 Å². The molecular weight excluding hydrogens is 418 g/mol. The van der Waals surface area contributed by atoms with Gasteiger partial charge in [-0.1, -0.05) is 29.8 Å². The Hall–Kier alpha value is -1.77. The van der Waals surface area contributed by atoms with Gasteiger partial charge in [-0.05, 0) is 43.4 Å².